The molecule has 5 nitrogen and oxygen atoms in total. The van der Waals surface area contributed by atoms with Crippen molar-refractivity contribution in [1.82, 2.24) is 4.31 Å². The van der Waals surface area contributed by atoms with E-state index in [1.807, 2.05) is 13.0 Å². The van der Waals surface area contributed by atoms with Gasteiger partial charge in [0.1, 0.15) is 4.90 Å². The van der Waals surface area contributed by atoms with Crippen molar-refractivity contribution in [2.75, 3.05) is 25.4 Å². The first-order valence-electron chi connectivity index (χ1n) is 6.84. The number of aryl methyl sites for hydroxylation is 2. The predicted octanol–water partition coefficient (Wildman–Crippen LogP) is 1.28. The molecule has 0 unspecified atom stereocenters. The summed E-state index contributed by atoms with van der Waals surface area (Å²) in [5, 5.41) is 9.13. The van der Waals surface area contributed by atoms with E-state index in [0.717, 1.165) is 5.56 Å². The molecule has 112 valence electrons. The highest BCUT2D eigenvalue weighted by Crippen LogP contribution is 2.31. The highest BCUT2D eigenvalue weighted by atomic mass is 32.2. The van der Waals surface area contributed by atoms with Crippen LogP contribution < -0.4 is 5.73 Å². The monoisotopic (exact) mass is 298 g/mol. The van der Waals surface area contributed by atoms with E-state index in [1.165, 1.54) is 4.31 Å². The first-order valence-corrected chi connectivity index (χ1v) is 8.28. The number of nitrogens with two attached hydrogens (primary N) is 1. The molecule has 0 aromatic heterocycles. The van der Waals surface area contributed by atoms with Crippen molar-refractivity contribution in [3.8, 4) is 0 Å². The molecular weight excluding hydrogens is 276 g/mol. The Morgan fingerprint density at radius 2 is 1.80 bits per heavy atom. The lowest BCUT2D eigenvalue weighted by molar-refractivity contribution is 0.170. The number of aliphatic hydroxyl groups is 1. The zero-order valence-electron chi connectivity index (χ0n) is 12.0. The summed E-state index contributed by atoms with van der Waals surface area (Å²) >= 11 is 0. The van der Waals surface area contributed by atoms with Crippen molar-refractivity contribution in [1.29, 1.82) is 0 Å². The van der Waals surface area contributed by atoms with Crippen LogP contribution >= 0.6 is 0 Å². The van der Waals surface area contributed by atoms with Gasteiger partial charge in [-0.15, -0.1) is 0 Å². The van der Waals surface area contributed by atoms with E-state index >= 15 is 0 Å². The molecule has 1 aromatic rings. The van der Waals surface area contributed by atoms with Crippen LogP contribution in [0.3, 0.4) is 0 Å². The second kappa shape index (κ2) is 5.71. The van der Waals surface area contributed by atoms with Gasteiger partial charge < -0.3 is 10.8 Å². The fraction of sp³-hybridized carbons (Fsp3) is 0.571. The van der Waals surface area contributed by atoms with Crippen molar-refractivity contribution in [2.45, 2.75) is 31.6 Å². The largest absolute Gasteiger partial charge is 0.397 e. The van der Waals surface area contributed by atoms with E-state index in [0.29, 0.717) is 37.2 Å². The van der Waals surface area contributed by atoms with Crippen LogP contribution in [0.5, 0.6) is 0 Å². The molecule has 1 aromatic carbocycles. The van der Waals surface area contributed by atoms with Crippen molar-refractivity contribution in [3.63, 3.8) is 0 Å². The quantitative estimate of drug-likeness (QED) is 0.823. The van der Waals surface area contributed by atoms with Gasteiger partial charge in [0.25, 0.3) is 0 Å². The normalized spacial score (nSPS) is 18.4. The molecule has 0 aliphatic carbocycles. The van der Waals surface area contributed by atoms with Gasteiger partial charge in [-0.1, -0.05) is 12.1 Å². The summed E-state index contributed by atoms with van der Waals surface area (Å²) in [5.74, 6) is 0.206. The minimum Gasteiger partial charge on any atom is -0.397 e. The average molecular weight is 298 g/mol. The average Bonchev–Trinajstić information content (AvgIpc) is 2.43. The van der Waals surface area contributed by atoms with Crippen molar-refractivity contribution < 1.29 is 13.5 Å². The van der Waals surface area contributed by atoms with Gasteiger partial charge in [-0.2, -0.15) is 4.31 Å². The SMILES string of the molecule is Cc1ccc(C)c(S(=O)(=O)N2CCC(CO)CC2)c1N. The maximum atomic E-state index is 12.8. The zero-order chi connectivity index (χ0) is 14.9. The highest BCUT2D eigenvalue weighted by molar-refractivity contribution is 7.89. The van der Waals surface area contributed by atoms with E-state index in [1.54, 1.807) is 13.0 Å². The van der Waals surface area contributed by atoms with Crippen molar-refractivity contribution >= 4 is 15.7 Å². The molecule has 1 fully saturated rings. The molecule has 0 amide bonds. The van der Waals surface area contributed by atoms with Gasteiger partial charge in [0.15, 0.2) is 0 Å². The van der Waals surface area contributed by atoms with Gasteiger partial charge >= 0.3 is 0 Å². The molecule has 1 saturated heterocycles. The number of nitrogens with zero attached hydrogens (tertiary/aromatic N) is 1. The Morgan fingerprint density at radius 3 is 2.35 bits per heavy atom. The van der Waals surface area contributed by atoms with Crippen LogP contribution in [0.4, 0.5) is 5.69 Å². The van der Waals surface area contributed by atoms with Crippen LogP contribution in [0.15, 0.2) is 17.0 Å². The van der Waals surface area contributed by atoms with Gasteiger partial charge in [0.2, 0.25) is 10.0 Å². The number of benzene rings is 1. The predicted molar refractivity (Wildman–Crippen MR) is 78.9 cm³/mol. The van der Waals surface area contributed by atoms with Crippen LogP contribution in [-0.2, 0) is 10.0 Å². The summed E-state index contributed by atoms with van der Waals surface area (Å²) < 4.78 is 27.0. The Labute approximate surface area is 120 Å². The Bertz CT molecular complexity index is 591. The van der Waals surface area contributed by atoms with Crippen LogP contribution in [0, 0.1) is 19.8 Å². The van der Waals surface area contributed by atoms with Gasteiger partial charge in [-0.25, -0.2) is 8.42 Å². The Hall–Kier alpha value is -1.11. The van der Waals surface area contributed by atoms with E-state index in [4.69, 9.17) is 10.8 Å². The molecule has 0 bridgehead atoms. The lowest BCUT2D eigenvalue weighted by atomic mass is 10.00. The molecule has 6 heteroatoms. The van der Waals surface area contributed by atoms with Gasteiger partial charge in [0.05, 0.1) is 5.69 Å². The molecule has 0 spiro atoms. The molecule has 3 N–H and O–H groups in total. The van der Waals surface area contributed by atoms with Crippen molar-refractivity contribution in [3.05, 3.63) is 23.3 Å². The minimum absolute atomic E-state index is 0.125. The summed E-state index contributed by atoms with van der Waals surface area (Å²) in [4.78, 5) is 0.236. The molecule has 0 radical (unpaired) electrons. The molecule has 1 aliphatic rings. The van der Waals surface area contributed by atoms with Crippen LogP contribution in [0.1, 0.15) is 24.0 Å². The zero-order valence-corrected chi connectivity index (χ0v) is 12.8. The lowest BCUT2D eigenvalue weighted by Gasteiger charge is -2.31. The summed E-state index contributed by atoms with van der Waals surface area (Å²) in [6, 6.07) is 3.63. The maximum Gasteiger partial charge on any atom is 0.245 e. The molecule has 0 saturated carbocycles. The number of aliphatic hydroxyl groups excluding tert-OH is 1. The number of hydrogen-bond donors (Lipinski definition) is 2. The number of sulfonamides is 1. The Morgan fingerprint density at radius 1 is 1.25 bits per heavy atom. The van der Waals surface area contributed by atoms with Gasteiger partial charge in [-0.05, 0) is 43.7 Å². The Kier molecular flexibility index (Phi) is 4.36. The Balaban J connectivity index is 2.35. The fourth-order valence-electron chi connectivity index (χ4n) is 2.61. The summed E-state index contributed by atoms with van der Waals surface area (Å²) in [6.45, 7) is 4.59. The van der Waals surface area contributed by atoms with Crippen molar-refractivity contribution in [2.24, 2.45) is 5.92 Å². The third kappa shape index (κ3) is 2.68. The fourth-order valence-corrected chi connectivity index (χ4v) is 4.47. The molecule has 2 rings (SSSR count). The number of piperidine rings is 1. The second-order valence-electron chi connectivity index (χ2n) is 5.47. The molecule has 1 aliphatic heterocycles. The molecular formula is C14H22N2O3S. The van der Waals surface area contributed by atoms with E-state index in [9.17, 15) is 8.42 Å². The summed E-state index contributed by atoms with van der Waals surface area (Å²) in [5.41, 5.74) is 7.78. The van der Waals surface area contributed by atoms with Gasteiger partial charge in [-0.3, -0.25) is 0 Å². The number of nitrogen functional groups attached to an aromatic ring is 1. The molecule has 0 atom stereocenters. The number of hydrogen-bond acceptors (Lipinski definition) is 4. The minimum atomic E-state index is -3.55. The number of rotatable bonds is 3. The third-order valence-corrected chi connectivity index (χ3v) is 6.14. The molecule has 20 heavy (non-hydrogen) atoms. The first kappa shape index (κ1) is 15.3. The molecule has 1 heterocycles. The topological polar surface area (TPSA) is 83.6 Å². The van der Waals surface area contributed by atoms with E-state index in [-0.39, 0.29) is 17.4 Å². The smallest absolute Gasteiger partial charge is 0.245 e. The second-order valence-corrected chi connectivity index (χ2v) is 7.35. The maximum absolute atomic E-state index is 12.8. The van der Waals surface area contributed by atoms with E-state index in [2.05, 4.69) is 0 Å². The first-order chi connectivity index (χ1) is 9.37. The summed E-state index contributed by atoms with van der Waals surface area (Å²) in [7, 11) is -3.55. The van der Waals surface area contributed by atoms with Crippen LogP contribution in [0.25, 0.3) is 0 Å². The van der Waals surface area contributed by atoms with E-state index < -0.39 is 10.0 Å². The number of anilines is 1. The lowest BCUT2D eigenvalue weighted by Crippen LogP contribution is -2.39. The third-order valence-electron chi connectivity index (χ3n) is 4.04. The highest BCUT2D eigenvalue weighted by Gasteiger charge is 2.31. The van der Waals surface area contributed by atoms with Crippen LogP contribution in [-0.4, -0.2) is 37.5 Å². The van der Waals surface area contributed by atoms with Crippen LogP contribution in [0.2, 0.25) is 0 Å². The van der Waals surface area contributed by atoms with Gasteiger partial charge in [0, 0.05) is 19.7 Å². The summed E-state index contributed by atoms with van der Waals surface area (Å²) in [6.07, 6.45) is 1.39. The standard InChI is InChI=1S/C14H22N2O3S/c1-10-3-4-11(2)14(13(10)15)20(18,19)16-7-5-12(9-17)6-8-16/h3-4,12,17H,5-9,15H2,1-2H3.